The fourth-order valence-corrected chi connectivity index (χ4v) is 3.58. The lowest BCUT2D eigenvalue weighted by Crippen LogP contribution is -2.47. The molecule has 26 heavy (non-hydrogen) atoms. The monoisotopic (exact) mass is 354 g/mol. The number of piperazine rings is 1. The van der Waals surface area contributed by atoms with E-state index in [4.69, 9.17) is 4.74 Å². The molecule has 3 heterocycles. The van der Waals surface area contributed by atoms with Crippen LogP contribution >= 0.6 is 0 Å². The molecule has 4 rings (SSSR count). The Morgan fingerprint density at radius 1 is 1.04 bits per heavy atom. The lowest BCUT2D eigenvalue weighted by atomic mass is 10.1. The number of aromatic nitrogens is 2. The maximum atomic E-state index is 14.7. The predicted octanol–water partition coefficient (Wildman–Crippen LogP) is 3.25. The van der Waals surface area contributed by atoms with E-state index in [0.29, 0.717) is 17.9 Å². The van der Waals surface area contributed by atoms with E-state index in [1.807, 2.05) is 31.3 Å². The van der Waals surface area contributed by atoms with Crippen LogP contribution in [-0.2, 0) is 11.3 Å². The van der Waals surface area contributed by atoms with Crippen LogP contribution in [0.5, 0.6) is 0 Å². The Morgan fingerprint density at radius 3 is 2.58 bits per heavy atom. The molecule has 0 radical (unpaired) electrons. The second kappa shape index (κ2) is 6.96. The van der Waals surface area contributed by atoms with Crippen molar-refractivity contribution in [1.29, 1.82) is 0 Å². The summed E-state index contributed by atoms with van der Waals surface area (Å²) < 4.78 is 21.8. The van der Waals surface area contributed by atoms with Crippen LogP contribution < -0.4 is 9.80 Å². The molecule has 3 aromatic rings. The van der Waals surface area contributed by atoms with Gasteiger partial charge in [0.25, 0.3) is 0 Å². The lowest BCUT2D eigenvalue weighted by Gasteiger charge is -2.37. The standard InChI is InChI=1S/C20H23FN4O/c1-15-12-25-13-17(6-7-19(25)22-15)23-8-10-24(11-9-23)18-5-3-4-16(14-26-2)20(18)21/h3-7,12-13H,8-11,14H2,1-2H3. The molecule has 0 saturated carbocycles. The minimum absolute atomic E-state index is 0.168. The van der Waals surface area contributed by atoms with Gasteiger partial charge in [-0.25, -0.2) is 9.37 Å². The first kappa shape index (κ1) is 16.8. The van der Waals surface area contributed by atoms with Gasteiger partial charge in [0, 0.05) is 51.2 Å². The van der Waals surface area contributed by atoms with Crippen LogP contribution in [0.2, 0.25) is 0 Å². The van der Waals surface area contributed by atoms with Crippen molar-refractivity contribution < 1.29 is 9.13 Å². The summed E-state index contributed by atoms with van der Waals surface area (Å²) in [6, 6.07) is 9.68. The third kappa shape index (κ3) is 3.12. The first-order chi connectivity index (χ1) is 12.7. The van der Waals surface area contributed by atoms with Crippen molar-refractivity contribution in [1.82, 2.24) is 9.38 Å². The van der Waals surface area contributed by atoms with Gasteiger partial charge in [-0.2, -0.15) is 0 Å². The van der Waals surface area contributed by atoms with Gasteiger partial charge >= 0.3 is 0 Å². The van der Waals surface area contributed by atoms with Gasteiger partial charge in [0.05, 0.1) is 23.7 Å². The smallest absolute Gasteiger partial charge is 0.151 e. The van der Waals surface area contributed by atoms with E-state index in [-0.39, 0.29) is 5.82 Å². The quantitative estimate of drug-likeness (QED) is 0.720. The Morgan fingerprint density at radius 2 is 1.81 bits per heavy atom. The summed E-state index contributed by atoms with van der Waals surface area (Å²) >= 11 is 0. The maximum Gasteiger partial charge on any atom is 0.151 e. The minimum Gasteiger partial charge on any atom is -0.380 e. The van der Waals surface area contributed by atoms with Crippen LogP contribution in [0, 0.1) is 12.7 Å². The summed E-state index contributed by atoms with van der Waals surface area (Å²) in [6.45, 7) is 5.57. The Labute approximate surface area is 152 Å². The fraction of sp³-hybridized carbons (Fsp3) is 0.350. The summed E-state index contributed by atoms with van der Waals surface area (Å²) in [5, 5.41) is 0. The minimum atomic E-state index is -0.168. The average molecular weight is 354 g/mol. The zero-order valence-electron chi connectivity index (χ0n) is 15.2. The molecule has 1 aromatic carbocycles. The molecule has 0 aliphatic carbocycles. The molecular formula is C20H23FN4O. The summed E-state index contributed by atoms with van der Waals surface area (Å²) in [4.78, 5) is 8.92. The number of ether oxygens (including phenoxy) is 1. The lowest BCUT2D eigenvalue weighted by molar-refractivity contribution is 0.181. The molecule has 0 unspecified atom stereocenters. The molecule has 136 valence electrons. The number of nitrogens with zero attached hydrogens (tertiary/aromatic N) is 4. The van der Waals surface area contributed by atoms with Crippen molar-refractivity contribution in [3.8, 4) is 0 Å². The number of fused-ring (bicyclic) bond motifs is 1. The van der Waals surface area contributed by atoms with E-state index in [2.05, 4.69) is 31.4 Å². The zero-order valence-corrected chi connectivity index (χ0v) is 15.2. The van der Waals surface area contributed by atoms with E-state index >= 15 is 0 Å². The van der Waals surface area contributed by atoms with Crippen LogP contribution in [-0.4, -0.2) is 42.7 Å². The summed E-state index contributed by atoms with van der Waals surface area (Å²) in [5.41, 5.74) is 4.41. The molecule has 5 nitrogen and oxygen atoms in total. The average Bonchev–Trinajstić information content (AvgIpc) is 3.03. The Hall–Kier alpha value is -2.60. The zero-order chi connectivity index (χ0) is 18.1. The topological polar surface area (TPSA) is 33.0 Å². The summed E-state index contributed by atoms with van der Waals surface area (Å²) in [6.07, 6.45) is 4.15. The molecule has 1 saturated heterocycles. The SMILES string of the molecule is COCc1cccc(N2CCN(c3ccc4nc(C)cn4c3)CC2)c1F. The van der Waals surface area contributed by atoms with E-state index < -0.39 is 0 Å². The Bertz CT molecular complexity index is 915. The normalized spacial score (nSPS) is 15.0. The van der Waals surface area contributed by atoms with Crippen LogP contribution in [0.15, 0.2) is 42.7 Å². The third-order valence-electron chi connectivity index (χ3n) is 4.90. The predicted molar refractivity (Wildman–Crippen MR) is 101 cm³/mol. The van der Waals surface area contributed by atoms with Crippen molar-refractivity contribution in [3.63, 3.8) is 0 Å². The number of imidazole rings is 1. The number of anilines is 2. The van der Waals surface area contributed by atoms with Gasteiger partial charge in [-0.05, 0) is 25.1 Å². The van der Waals surface area contributed by atoms with Crippen molar-refractivity contribution in [2.45, 2.75) is 13.5 Å². The van der Waals surface area contributed by atoms with Crippen LogP contribution in [0.1, 0.15) is 11.3 Å². The number of pyridine rings is 1. The molecule has 1 aliphatic heterocycles. The van der Waals surface area contributed by atoms with Gasteiger partial charge in [0.15, 0.2) is 5.82 Å². The molecule has 1 fully saturated rings. The molecule has 0 spiro atoms. The van der Waals surface area contributed by atoms with Crippen LogP contribution in [0.4, 0.5) is 15.8 Å². The van der Waals surface area contributed by atoms with Gasteiger partial charge < -0.3 is 18.9 Å². The molecule has 6 heteroatoms. The molecule has 2 aromatic heterocycles. The molecule has 0 N–H and O–H groups in total. The molecule has 1 aliphatic rings. The summed E-state index contributed by atoms with van der Waals surface area (Å²) in [7, 11) is 1.59. The highest BCUT2D eigenvalue weighted by Gasteiger charge is 2.21. The largest absolute Gasteiger partial charge is 0.380 e. The van der Waals surface area contributed by atoms with E-state index in [1.165, 1.54) is 5.69 Å². The van der Waals surface area contributed by atoms with Crippen LogP contribution in [0.25, 0.3) is 5.65 Å². The summed E-state index contributed by atoms with van der Waals surface area (Å²) in [5.74, 6) is -0.168. The van der Waals surface area contributed by atoms with Crippen molar-refractivity contribution in [2.24, 2.45) is 0 Å². The van der Waals surface area contributed by atoms with E-state index in [0.717, 1.165) is 37.5 Å². The highest BCUT2D eigenvalue weighted by Crippen LogP contribution is 2.25. The number of aryl methyl sites for hydroxylation is 1. The number of rotatable bonds is 4. The molecule has 0 bridgehead atoms. The maximum absolute atomic E-state index is 14.7. The highest BCUT2D eigenvalue weighted by atomic mass is 19.1. The first-order valence-electron chi connectivity index (χ1n) is 8.87. The Balaban J connectivity index is 1.49. The van der Waals surface area contributed by atoms with Crippen LogP contribution in [0.3, 0.4) is 0 Å². The second-order valence-electron chi connectivity index (χ2n) is 6.69. The van der Waals surface area contributed by atoms with Gasteiger partial charge in [0.1, 0.15) is 5.65 Å². The Kier molecular flexibility index (Phi) is 4.51. The van der Waals surface area contributed by atoms with Crippen molar-refractivity contribution >= 4 is 17.0 Å². The molecule has 0 amide bonds. The van der Waals surface area contributed by atoms with E-state index in [9.17, 15) is 4.39 Å². The first-order valence-corrected chi connectivity index (χ1v) is 8.87. The third-order valence-corrected chi connectivity index (χ3v) is 4.90. The second-order valence-corrected chi connectivity index (χ2v) is 6.69. The fourth-order valence-electron chi connectivity index (χ4n) is 3.58. The molecular weight excluding hydrogens is 331 g/mol. The van der Waals surface area contributed by atoms with Gasteiger partial charge in [-0.1, -0.05) is 12.1 Å². The van der Waals surface area contributed by atoms with Gasteiger partial charge in [0.2, 0.25) is 0 Å². The number of hydrogen-bond donors (Lipinski definition) is 0. The highest BCUT2D eigenvalue weighted by molar-refractivity contribution is 5.55. The number of methoxy groups -OCH3 is 1. The van der Waals surface area contributed by atoms with Gasteiger partial charge in [-0.3, -0.25) is 0 Å². The number of hydrogen-bond acceptors (Lipinski definition) is 4. The van der Waals surface area contributed by atoms with Gasteiger partial charge in [-0.15, -0.1) is 0 Å². The van der Waals surface area contributed by atoms with Crippen molar-refractivity contribution in [3.05, 3.63) is 59.8 Å². The number of benzene rings is 1. The van der Waals surface area contributed by atoms with E-state index in [1.54, 1.807) is 13.2 Å². The molecule has 0 atom stereocenters. The van der Waals surface area contributed by atoms with Crippen molar-refractivity contribution in [2.75, 3.05) is 43.1 Å². The number of halogens is 1.